The molecule has 0 saturated heterocycles. The molecule has 7 heteroatoms. The van der Waals surface area contributed by atoms with E-state index in [2.05, 4.69) is 15.9 Å². The number of aliphatic hydroxyl groups excluding tert-OH is 1. The predicted molar refractivity (Wildman–Crippen MR) is 51.7 cm³/mol. The van der Waals surface area contributed by atoms with Crippen molar-refractivity contribution in [1.29, 1.82) is 0 Å². The number of aliphatic carboxylic acids is 1. The largest absolute Gasteiger partial charge is 0.479 e. The highest BCUT2D eigenvalue weighted by molar-refractivity contribution is 9.10. The van der Waals surface area contributed by atoms with Crippen molar-refractivity contribution in [3.63, 3.8) is 0 Å². The summed E-state index contributed by atoms with van der Waals surface area (Å²) < 4.78 is 37.1. The van der Waals surface area contributed by atoms with E-state index >= 15 is 0 Å². The molecule has 88 valence electrons. The van der Waals surface area contributed by atoms with Crippen LogP contribution in [0.25, 0.3) is 0 Å². The molecule has 0 saturated carbocycles. The minimum absolute atomic E-state index is 0.107. The van der Waals surface area contributed by atoms with Gasteiger partial charge in [0.25, 0.3) is 0 Å². The molecule has 1 atom stereocenters. The molecule has 0 heterocycles. The summed E-state index contributed by atoms with van der Waals surface area (Å²) in [5.41, 5.74) is -1.34. The fourth-order valence-electron chi connectivity index (χ4n) is 1.06. The molecule has 16 heavy (non-hydrogen) atoms. The van der Waals surface area contributed by atoms with Crippen LogP contribution < -0.4 is 0 Å². The maximum absolute atomic E-state index is 12.3. The van der Waals surface area contributed by atoms with Gasteiger partial charge in [-0.05, 0) is 18.2 Å². The summed E-state index contributed by atoms with van der Waals surface area (Å²) in [4.78, 5) is 10.5. The van der Waals surface area contributed by atoms with Gasteiger partial charge in [-0.3, -0.25) is 0 Å². The summed E-state index contributed by atoms with van der Waals surface area (Å²) in [7, 11) is 0. The van der Waals surface area contributed by atoms with Gasteiger partial charge in [0.05, 0.1) is 5.56 Å². The standard InChI is InChI=1S/C9H6BrF3O3/c10-6-2-1-4(9(11,12)13)3-5(6)7(14)8(15)16/h1-3,7,14H,(H,15,16)/t7-/m1/s1. The van der Waals surface area contributed by atoms with Crippen LogP contribution in [0.4, 0.5) is 13.2 Å². The molecule has 0 amide bonds. The molecule has 0 spiro atoms. The second-order valence-corrected chi connectivity index (χ2v) is 3.83. The Kier molecular flexibility index (Phi) is 3.59. The number of hydrogen-bond acceptors (Lipinski definition) is 2. The van der Waals surface area contributed by atoms with Crippen LogP contribution in [-0.2, 0) is 11.0 Å². The predicted octanol–water partition coefficient (Wildman–Crippen LogP) is 2.59. The first-order valence-electron chi connectivity index (χ1n) is 4.01. The maximum atomic E-state index is 12.3. The third-order valence-corrected chi connectivity index (χ3v) is 2.57. The van der Waals surface area contributed by atoms with Crippen LogP contribution in [-0.4, -0.2) is 16.2 Å². The average Bonchev–Trinajstić information content (AvgIpc) is 2.15. The molecule has 0 fully saturated rings. The molecule has 2 N–H and O–H groups in total. The molecule has 1 aromatic rings. The molecule has 0 aliphatic rings. The lowest BCUT2D eigenvalue weighted by molar-refractivity contribution is -0.147. The van der Waals surface area contributed by atoms with Crippen LogP contribution in [0.3, 0.4) is 0 Å². The zero-order valence-corrected chi connectivity index (χ0v) is 9.21. The van der Waals surface area contributed by atoms with E-state index in [4.69, 9.17) is 5.11 Å². The quantitative estimate of drug-likeness (QED) is 0.882. The van der Waals surface area contributed by atoms with Crippen LogP contribution in [0.2, 0.25) is 0 Å². The minimum Gasteiger partial charge on any atom is -0.479 e. The van der Waals surface area contributed by atoms with E-state index in [0.717, 1.165) is 12.1 Å². The third-order valence-electron chi connectivity index (χ3n) is 1.85. The molecular formula is C9H6BrF3O3. The zero-order valence-electron chi connectivity index (χ0n) is 7.62. The van der Waals surface area contributed by atoms with Gasteiger partial charge in [0, 0.05) is 10.0 Å². The first-order valence-corrected chi connectivity index (χ1v) is 4.80. The molecule has 0 aromatic heterocycles. The Morgan fingerprint density at radius 2 is 1.94 bits per heavy atom. The second-order valence-electron chi connectivity index (χ2n) is 2.97. The lowest BCUT2D eigenvalue weighted by Gasteiger charge is -2.12. The Morgan fingerprint density at radius 1 is 1.38 bits per heavy atom. The summed E-state index contributed by atoms with van der Waals surface area (Å²) in [5.74, 6) is -1.61. The smallest absolute Gasteiger partial charge is 0.416 e. The van der Waals surface area contributed by atoms with E-state index in [0.29, 0.717) is 6.07 Å². The first-order chi connectivity index (χ1) is 7.23. The van der Waals surface area contributed by atoms with Crippen molar-refractivity contribution in [3.05, 3.63) is 33.8 Å². The molecular weight excluding hydrogens is 293 g/mol. The molecule has 0 aliphatic carbocycles. The summed E-state index contributed by atoms with van der Waals surface area (Å²) >= 11 is 2.88. The monoisotopic (exact) mass is 298 g/mol. The van der Waals surface area contributed by atoms with E-state index in [1.807, 2.05) is 0 Å². The van der Waals surface area contributed by atoms with Crippen molar-refractivity contribution in [2.75, 3.05) is 0 Å². The van der Waals surface area contributed by atoms with Crippen LogP contribution in [0.1, 0.15) is 17.2 Å². The van der Waals surface area contributed by atoms with Gasteiger partial charge in [-0.1, -0.05) is 15.9 Å². The van der Waals surface area contributed by atoms with Crippen LogP contribution >= 0.6 is 15.9 Å². The summed E-state index contributed by atoms with van der Waals surface area (Å²) in [6.07, 6.45) is -6.56. The van der Waals surface area contributed by atoms with Gasteiger partial charge >= 0.3 is 12.1 Å². The van der Waals surface area contributed by atoms with E-state index in [-0.39, 0.29) is 10.0 Å². The van der Waals surface area contributed by atoms with E-state index in [1.165, 1.54) is 0 Å². The van der Waals surface area contributed by atoms with Crippen molar-refractivity contribution in [2.45, 2.75) is 12.3 Å². The number of rotatable bonds is 2. The van der Waals surface area contributed by atoms with Gasteiger partial charge in [-0.15, -0.1) is 0 Å². The van der Waals surface area contributed by atoms with Crippen LogP contribution in [0.5, 0.6) is 0 Å². The average molecular weight is 299 g/mol. The van der Waals surface area contributed by atoms with E-state index in [1.54, 1.807) is 0 Å². The van der Waals surface area contributed by atoms with Crippen molar-refractivity contribution in [2.24, 2.45) is 0 Å². The molecule has 0 aliphatic heterocycles. The van der Waals surface area contributed by atoms with E-state index in [9.17, 15) is 23.1 Å². The summed E-state index contributed by atoms with van der Waals surface area (Å²) in [6, 6.07) is 2.44. The molecule has 0 bridgehead atoms. The van der Waals surface area contributed by atoms with Crippen molar-refractivity contribution >= 4 is 21.9 Å². The SMILES string of the molecule is O=C(O)[C@H](O)c1cc(C(F)(F)F)ccc1Br. The second kappa shape index (κ2) is 4.42. The van der Waals surface area contributed by atoms with Gasteiger partial charge in [-0.2, -0.15) is 13.2 Å². The zero-order chi connectivity index (χ0) is 12.5. The molecule has 1 rings (SSSR count). The lowest BCUT2D eigenvalue weighted by Crippen LogP contribution is -2.13. The maximum Gasteiger partial charge on any atom is 0.416 e. The third kappa shape index (κ3) is 2.73. The topological polar surface area (TPSA) is 57.5 Å². The molecule has 0 radical (unpaired) electrons. The molecule has 3 nitrogen and oxygen atoms in total. The van der Waals surface area contributed by atoms with Gasteiger partial charge in [0.2, 0.25) is 0 Å². The molecule has 0 unspecified atom stereocenters. The van der Waals surface area contributed by atoms with Crippen LogP contribution in [0, 0.1) is 0 Å². The number of alkyl halides is 3. The Balaban J connectivity index is 3.24. The number of carboxylic acids is 1. The Bertz CT molecular complexity index is 417. The highest BCUT2D eigenvalue weighted by Gasteiger charge is 2.32. The number of hydrogen-bond donors (Lipinski definition) is 2. The number of halogens is 4. The number of aliphatic hydroxyl groups is 1. The normalized spacial score (nSPS) is 13.6. The summed E-state index contributed by atoms with van der Waals surface area (Å²) in [5, 5.41) is 17.7. The number of carboxylic acid groups (broad SMARTS) is 1. The number of benzene rings is 1. The van der Waals surface area contributed by atoms with Crippen LogP contribution in [0.15, 0.2) is 22.7 Å². The Morgan fingerprint density at radius 3 is 2.38 bits per heavy atom. The lowest BCUT2D eigenvalue weighted by atomic mass is 10.1. The van der Waals surface area contributed by atoms with Crippen molar-refractivity contribution < 1.29 is 28.2 Å². The number of carbonyl (C=O) groups is 1. The fraction of sp³-hybridized carbons (Fsp3) is 0.222. The van der Waals surface area contributed by atoms with Gasteiger partial charge < -0.3 is 10.2 Å². The summed E-state index contributed by atoms with van der Waals surface area (Å²) in [6.45, 7) is 0. The van der Waals surface area contributed by atoms with Crippen molar-refractivity contribution in [3.8, 4) is 0 Å². The van der Waals surface area contributed by atoms with Gasteiger partial charge in [0.1, 0.15) is 0 Å². The Hall–Kier alpha value is -1.08. The van der Waals surface area contributed by atoms with Gasteiger partial charge in [0.15, 0.2) is 6.10 Å². The molecule has 1 aromatic carbocycles. The first kappa shape index (κ1) is 13.0. The highest BCUT2D eigenvalue weighted by Crippen LogP contribution is 2.33. The fourth-order valence-corrected chi connectivity index (χ4v) is 1.53. The van der Waals surface area contributed by atoms with Crippen molar-refractivity contribution in [1.82, 2.24) is 0 Å². The van der Waals surface area contributed by atoms with Gasteiger partial charge in [-0.25, -0.2) is 4.79 Å². The van der Waals surface area contributed by atoms with E-state index < -0.39 is 23.8 Å². The highest BCUT2D eigenvalue weighted by atomic mass is 79.9. The Labute approximate surface area is 96.6 Å². The minimum atomic E-state index is -4.58.